The van der Waals surface area contributed by atoms with E-state index in [2.05, 4.69) is 68.7 Å². The number of aryl methyl sites for hydroxylation is 2. The van der Waals surface area contributed by atoms with Gasteiger partial charge in [0.2, 0.25) is 17.8 Å². The first-order valence-electron chi connectivity index (χ1n) is 14.2. The molecule has 11 nitrogen and oxygen atoms in total. The van der Waals surface area contributed by atoms with Gasteiger partial charge in [-0.25, -0.2) is 9.97 Å². The van der Waals surface area contributed by atoms with Crippen LogP contribution in [0.2, 0.25) is 0 Å². The lowest BCUT2D eigenvalue weighted by Gasteiger charge is -2.26. The second-order valence-corrected chi connectivity index (χ2v) is 11.9. The minimum absolute atomic E-state index is 0.0875. The number of anilines is 6. The van der Waals surface area contributed by atoms with Gasteiger partial charge in [0.1, 0.15) is 12.1 Å². The number of amides is 1. The molecule has 3 aromatic rings. The van der Waals surface area contributed by atoms with E-state index in [-0.39, 0.29) is 17.4 Å². The van der Waals surface area contributed by atoms with Crippen molar-refractivity contribution in [1.29, 1.82) is 0 Å². The monoisotopic (exact) mass is 573 g/mol. The van der Waals surface area contributed by atoms with Crippen LogP contribution in [-0.2, 0) is 10.2 Å². The number of rotatable bonds is 11. The van der Waals surface area contributed by atoms with Gasteiger partial charge >= 0.3 is 0 Å². The maximum atomic E-state index is 12.4. The van der Waals surface area contributed by atoms with Crippen molar-refractivity contribution in [1.82, 2.24) is 24.8 Å². The molecule has 0 fully saturated rings. The van der Waals surface area contributed by atoms with Crippen molar-refractivity contribution in [3.05, 3.63) is 54.1 Å². The largest absolute Gasteiger partial charge is 0.489 e. The molecule has 1 aliphatic heterocycles. The van der Waals surface area contributed by atoms with Crippen molar-refractivity contribution in [2.24, 2.45) is 0 Å². The number of benzene rings is 1. The Morgan fingerprint density at radius 1 is 1.12 bits per heavy atom. The van der Waals surface area contributed by atoms with Gasteiger partial charge in [-0.05, 0) is 65.6 Å². The molecule has 0 spiro atoms. The van der Waals surface area contributed by atoms with Gasteiger partial charge in [-0.1, -0.05) is 20.4 Å². The SMILES string of the molecule is C=CC(=O)Nc1cc(Nc2ncnc(N3CC(C)(C)c4nc(C)c(C)cc43)n2)c(OC(C)C)cc1N(C)CCN(C)C. The number of carbonyl (C=O) groups is 1. The number of aromatic nitrogens is 4. The van der Waals surface area contributed by atoms with Crippen molar-refractivity contribution in [3.63, 3.8) is 0 Å². The summed E-state index contributed by atoms with van der Waals surface area (Å²) in [5.41, 5.74) is 6.05. The van der Waals surface area contributed by atoms with Crippen molar-refractivity contribution in [2.75, 3.05) is 61.2 Å². The van der Waals surface area contributed by atoms with Crippen molar-refractivity contribution in [2.45, 2.75) is 53.1 Å². The van der Waals surface area contributed by atoms with Gasteiger partial charge in [-0.2, -0.15) is 4.98 Å². The van der Waals surface area contributed by atoms with Crippen LogP contribution in [0.4, 0.5) is 34.6 Å². The lowest BCUT2D eigenvalue weighted by Crippen LogP contribution is -2.29. The Balaban J connectivity index is 1.73. The topological polar surface area (TPSA) is 112 Å². The molecule has 224 valence electrons. The van der Waals surface area contributed by atoms with Gasteiger partial charge in [0.25, 0.3) is 0 Å². The highest BCUT2D eigenvalue weighted by Crippen LogP contribution is 2.43. The molecule has 0 saturated carbocycles. The number of nitrogens with one attached hydrogen (secondary N) is 2. The minimum atomic E-state index is -0.308. The number of likely N-dealkylation sites (N-methyl/N-ethyl adjacent to an activating group) is 2. The molecule has 2 aromatic heterocycles. The van der Waals surface area contributed by atoms with E-state index in [1.165, 1.54) is 12.4 Å². The van der Waals surface area contributed by atoms with Gasteiger partial charge < -0.3 is 30.1 Å². The van der Waals surface area contributed by atoms with E-state index in [1.807, 2.05) is 54.0 Å². The van der Waals surface area contributed by atoms with Crippen LogP contribution in [0.5, 0.6) is 5.75 Å². The minimum Gasteiger partial charge on any atom is -0.489 e. The molecule has 0 saturated heterocycles. The van der Waals surface area contributed by atoms with Crippen LogP contribution >= 0.6 is 0 Å². The van der Waals surface area contributed by atoms with Gasteiger partial charge in [0.05, 0.1) is 34.5 Å². The number of hydrogen-bond donors (Lipinski definition) is 2. The fraction of sp³-hybridized carbons (Fsp3) is 0.452. The summed E-state index contributed by atoms with van der Waals surface area (Å²) in [6.07, 6.45) is 2.66. The van der Waals surface area contributed by atoms with Gasteiger partial charge in [-0.15, -0.1) is 0 Å². The van der Waals surface area contributed by atoms with Crippen molar-refractivity contribution < 1.29 is 9.53 Å². The smallest absolute Gasteiger partial charge is 0.247 e. The summed E-state index contributed by atoms with van der Waals surface area (Å²) >= 11 is 0. The average molecular weight is 574 g/mol. The molecule has 4 rings (SSSR count). The van der Waals surface area contributed by atoms with E-state index < -0.39 is 0 Å². The Morgan fingerprint density at radius 3 is 2.52 bits per heavy atom. The predicted molar refractivity (Wildman–Crippen MR) is 170 cm³/mol. The summed E-state index contributed by atoms with van der Waals surface area (Å²) in [6, 6.07) is 5.92. The van der Waals surface area contributed by atoms with E-state index in [4.69, 9.17) is 14.7 Å². The average Bonchev–Trinajstić information content (AvgIpc) is 3.18. The summed E-state index contributed by atoms with van der Waals surface area (Å²) < 4.78 is 6.23. The number of hydrogen-bond acceptors (Lipinski definition) is 10. The normalized spacial score (nSPS) is 13.7. The van der Waals surface area contributed by atoms with Crippen LogP contribution < -0.4 is 25.2 Å². The number of carbonyl (C=O) groups excluding carboxylic acids is 1. The summed E-state index contributed by atoms with van der Waals surface area (Å²) in [5.74, 6) is 1.18. The van der Waals surface area contributed by atoms with Gasteiger partial charge in [-0.3, -0.25) is 9.78 Å². The summed E-state index contributed by atoms with van der Waals surface area (Å²) in [6.45, 7) is 18.3. The summed E-state index contributed by atoms with van der Waals surface area (Å²) in [5, 5.41) is 6.27. The number of nitrogens with zero attached hydrogens (tertiary/aromatic N) is 7. The van der Waals surface area contributed by atoms with Crippen molar-refractivity contribution >= 4 is 40.6 Å². The second kappa shape index (κ2) is 12.3. The number of ether oxygens (including phenoxy) is 1. The van der Waals surface area contributed by atoms with E-state index >= 15 is 0 Å². The molecule has 0 radical (unpaired) electrons. The first-order valence-corrected chi connectivity index (χ1v) is 14.2. The maximum Gasteiger partial charge on any atom is 0.247 e. The molecule has 3 heterocycles. The summed E-state index contributed by atoms with van der Waals surface area (Å²) in [7, 11) is 6.04. The number of fused-ring (bicyclic) bond motifs is 1. The lowest BCUT2D eigenvalue weighted by molar-refractivity contribution is -0.111. The molecule has 0 unspecified atom stereocenters. The number of pyridine rings is 1. The molecular weight excluding hydrogens is 530 g/mol. The fourth-order valence-electron chi connectivity index (χ4n) is 4.82. The Morgan fingerprint density at radius 2 is 1.86 bits per heavy atom. The molecule has 42 heavy (non-hydrogen) atoms. The van der Waals surface area contributed by atoms with Crippen LogP contribution in [-0.4, -0.2) is 77.6 Å². The zero-order valence-corrected chi connectivity index (χ0v) is 26.2. The van der Waals surface area contributed by atoms with Crippen LogP contribution in [0.1, 0.15) is 44.6 Å². The van der Waals surface area contributed by atoms with Crippen molar-refractivity contribution in [3.8, 4) is 5.75 Å². The highest BCUT2D eigenvalue weighted by atomic mass is 16.5. The molecule has 1 aliphatic rings. The molecule has 2 N–H and O–H groups in total. The van der Waals surface area contributed by atoms with Gasteiger partial charge in [0.15, 0.2) is 0 Å². The zero-order chi connectivity index (χ0) is 30.8. The van der Waals surface area contributed by atoms with E-state index in [0.29, 0.717) is 35.6 Å². The van der Waals surface area contributed by atoms with E-state index in [9.17, 15) is 4.79 Å². The summed E-state index contributed by atoms with van der Waals surface area (Å²) in [4.78, 5) is 37.3. The van der Waals surface area contributed by atoms with Crippen LogP contribution in [0.3, 0.4) is 0 Å². The van der Waals surface area contributed by atoms with Crippen LogP contribution in [0.15, 0.2) is 37.2 Å². The molecule has 1 aromatic carbocycles. The Hall–Kier alpha value is -4.25. The third-order valence-electron chi connectivity index (χ3n) is 7.18. The maximum absolute atomic E-state index is 12.4. The molecule has 11 heteroatoms. The Bertz CT molecular complexity index is 1470. The Labute approximate surface area is 249 Å². The first kappa shape index (κ1) is 30.7. The zero-order valence-electron chi connectivity index (χ0n) is 26.2. The molecule has 0 aliphatic carbocycles. The molecule has 0 atom stereocenters. The molecule has 1 amide bonds. The molecule has 0 bridgehead atoms. The second-order valence-electron chi connectivity index (χ2n) is 11.9. The van der Waals surface area contributed by atoms with E-state index in [1.54, 1.807) is 0 Å². The van der Waals surface area contributed by atoms with Crippen LogP contribution in [0, 0.1) is 13.8 Å². The lowest BCUT2D eigenvalue weighted by atomic mass is 9.91. The standard InChI is InChI=1S/C31H43N9O2/c1-11-27(41)35-22-15-23(26(42-19(2)3)16-24(22)39(10)13-12-38(8)9)36-29-32-18-33-30(37-29)40-17-31(6,7)28-25(40)14-20(4)21(5)34-28/h11,14-16,18-19H,1,12-13,17H2,2-10H3,(H,35,41)(H,32,33,36,37). The quantitative estimate of drug-likeness (QED) is 0.305. The predicted octanol–water partition coefficient (Wildman–Crippen LogP) is 4.97. The highest BCUT2D eigenvalue weighted by Gasteiger charge is 2.39. The third-order valence-corrected chi connectivity index (χ3v) is 7.18. The van der Waals surface area contributed by atoms with Gasteiger partial charge in [0, 0.05) is 43.9 Å². The van der Waals surface area contributed by atoms with E-state index in [0.717, 1.165) is 41.4 Å². The highest BCUT2D eigenvalue weighted by molar-refractivity contribution is 6.02. The fourth-order valence-corrected chi connectivity index (χ4v) is 4.82. The third kappa shape index (κ3) is 6.79. The molecular formula is C31H43N9O2. The first-order chi connectivity index (χ1) is 19.8. The Kier molecular flexibility index (Phi) is 9.00. The van der Waals surface area contributed by atoms with Crippen LogP contribution in [0.25, 0.3) is 0 Å².